The Bertz CT molecular complexity index is 1050. The largest absolute Gasteiger partial charge is 0.496 e. The van der Waals surface area contributed by atoms with Crippen LogP contribution in [0.3, 0.4) is 0 Å². The van der Waals surface area contributed by atoms with Gasteiger partial charge in [0.1, 0.15) is 10.8 Å². The topological polar surface area (TPSA) is 70.2 Å². The third-order valence-electron chi connectivity index (χ3n) is 3.64. The van der Waals surface area contributed by atoms with Gasteiger partial charge in [0.2, 0.25) is 0 Å². The fourth-order valence-corrected chi connectivity index (χ4v) is 4.03. The van der Waals surface area contributed by atoms with Crippen molar-refractivity contribution < 1.29 is 9.26 Å². The van der Waals surface area contributed by atoms with Crippen molar-refractivity contribution >= 4 is 22.7 Å². The Hall–Kier alpha value is -2.71. The number of rotatable bonds is 5. The van der Waals surface area contributed by atoms with E-state index in [4.69, 9.17) is 9.26 Å². The molecule has 0 aliphatic rings. The number of hydrogen-bond acceptors (Lipinski definition) is 7. The molecule has 0 saturated heterocycles. The van der Waals surface area contributed by atoms with Crippen LogP contribution in [0.2, 0.25) is 0 Å². The molecule has 0 fully saturated rings. The standard InChI is InChI=1S/C17H13N3O3S2/c1-22-13-6-3-2-5-12(13)16-18-11(10-25-16)9-20-15(19-23-17(20)21)14-7-4-8-24-14/h2-8,10H,9H2,1H3. The Kier molecular flexibility index (Phi) is 4.21. The number of benzene rings is 1. The van der Waals surface area contributed by atoms with Gasteiger partial charge in [0.05, 0.1) is 29.8 Å². The fourth-order valence-electron chi connectivity index (χ4n) is 2.48. The zero-order valence-electron chi connectivity index (χ0n) is 13.2. The molecule has 0 radical (unpaired) electrons. The second kappa shape index (κ2) is 6.66. The van der Waals surface area contributed by atoms with Gasteiger partial charge in [-0.05, 0) is 23.6 Å². The molecule has 8 heteroatoms. The summed E-state index contributed by atoms with van der Waals surface area (Å²) >= 11 is 3.01. The maximum atomic E-state index is 12.0. The first-order chi connectivity index (χ1) is 12.3. The van der Waals surface area contributed by atoms with Gasteiger partial charge in [0.15, 0.2) is 5.82 Å². The van der Waals surface area contributed by atoms with Crippen LogP contribution in [-0.2, 0) is 6.54 Å². The van der Waals surface area contributed by atoms with E-state index in [1.54, 1.807) is 7.11 Å². The summed E-state index contributed by atoms with van der Waals surface area (Å²) in [6.45, 7) is 0.307. The molecule has 1 aromatic carbocycles. The number of ether oxygens (including phenoxy) is 1. The molecule has 4 rings (SSSR count). The summed E-state index contributed by atoms with van der Waals surface area (Å²) in [5.41, 5.74) is 1.70. The molecule has 0 spiro atoms. The highest BCUT2D eigenvalue weighted by Gasteiger charge is 2.16. The van der Waals surface area contributed by atoms with Crippen molar-refractivity contribution in [1.29, 1.82) is 0 Å². The number of nitrogens with zero attached hydrogens (tertiary/aromatic N) is 3. The van der Waals surface area contributed by atoms with E-state index in [1.165, 1.54) is 27.2 Å². The van der Waals surface area contributed by atoms with Crippen molar-refractivity contribution in [3.8, 4) is 27.0 Å². The van der Waals surface area contributed by atoms with Gasteiger partial charge in [-0.25, -0.2) is 14.3 Å². The van der Waals surface area contributed by atoms with Gasteiger partial charge in [-0.15, -0.1) is 22.7 Å². The molecule has 0 bridgehead atoms. The Morgan fingerprint density at radius 2 is 2.08 bits per heavy atom. The molecule has 0 aliphatic carbocycles. The number of para-hydroxylation sites is 1. The lowest BCUT2D eigenvalue weighted by Gasteiger charge is -2.04. The summed E-state index contributed by atoms with van der Waals surface area (Å²) in [6, 6.07) is 11.5. The Labute approximate surface area is 151 Å². The molecule has 126 valence electrons. The first-order valence-electron chi connectivity index (χ1n) is 7.44. The van der Waals surface area contributed by atoms with Crippen LogP contribution in [0.15, 0.2) is 56.5 Å². The van der Waals surface area contributed by atoms with Gasteiger partial charge in [-0.3, -0.25) is 4.52 Å². The molecule has 6 nitrogen and oxygen atoms in total. The Morgan fingerprint density at radius 1 is 1.20 bits per heavy atom. The average Bonchev–Trinajstić information content (AvgIpc) is 3.38. The van der Waals surface area contributed by atoms with E-state index in [0.29, 0.717) is 12.4 Å². The van der Waals surface area contributed by atoms with Crippen LogP contribution in [0, 0.1) is 0 Å². The molecule has 25 heavy (non-hydrogen) atoms. The lowest BCUT2D eigenvalue weighted by atomic mass is 10.2. The Balaban J connectivity index is 1.67. The second-order valence-corrected chi connectivity index (χ2v) is 6.99. The van der Waals surface area contributed by atoms with Crippen molar-refractivity contribution in [2.75, 3.05) is 7.11 Å². The van der Waals surface area contributed by atoms with E-state index in [1.807, 2.05) is 47.2 Å². The molecular formula is C17H13N3O3S2. The van der Waals surface area contributed by atoms with E-state index in [9.17, 15) is 4.79 Å². The van der Waals surface area contributed by atoms with Gasteiger partial charge in [-0.1, -0.05) is 23.4 Å². The maximum Gasteiger partial charge on any atom is 0.442 e. The third kappa shape index (κ3) is 3.01. The van der Waals surface area contributed by atoms with Crippen LogP contribution in [0.5, 0.6) is 5.75 Å². The first kappa shape index (κ1) is 15.8. The van der Waals surface area contributed by atoms with E-state index < -0.39 is 5.76 Å². The summed E-state index contributed by atoms with van der Waals surface area (Å²) in [4.78, 5) is 17.5. The number of methoxy groups -OCH3 is 1. The lowest BCUT2D eigenvalue weighted by molar-refractivity contribution is 0.378. The summed E-state index contributed by atoms with van der Waals surface area (Å²) in [5, 5.41) is 8.59. The smallest absolute Gasteiger partial charge is 0.442 e. The van der Waals surface area contributed by atoms with Crippen molar-refractivity contribution in [3.63, 3.8) is 0 Å². The minimum absolute atomic E-state index is 0.307. The SMILES string of the molecule is COc1ccccc1-c1nc(Cn2c(-c3cccs3)noc2=O)cs1. The molecule has 0 aliphatic heterocycles. The predicted octanol–water partition coefficient (Wildman–Crippen LogP) is 3.75. The van der Waals surface area contributed by atoms with Crippen LogP contribution in [0.25, 0.3) is 21.3 Å². The second-order valence-electron chi connectivity index (χ2n) is 5.18. The van der Waals surface area contributed by atoms with Crippen LogP contribution in [-0.4, -0.2) is 21.8 Å². The minimum Gasteiger partial charge on any atom is -0.496 e. The molecule has 0 N–H and O–H groups in total. The zero-order valence-corrected chi connectivity index (χ0v) is 14.8. The Morgan fingerprint density at radius 3 is 2.88 bits per heavy atom. The molecule has 0 saturated carbocycles. The summed E-state index contributed by atoms with van der Waals surface area (Å²) < 4.78 is 11.7. The number of thiazole rings is 1. The fraction of sp³-hybridized carbons (Fsp3) is 0.118. The normalized spacial score (nSPS) is 10.9. The van der Waals surface area contributed by atoms with Gasteiger partial charge >= 0.3 is 5.76 Å². The van der Waals surface area contributed by atoms with Gasteiger partial charge in [0, 0.05) is 5.38 Å². The molecular weight excluding hydrogens is 358 g/mol. The number of thiophene rings is 1. The summed E-state index contributed by atoms with van der Waals surface area (Å²) in [5.74, 6) is 0.798. The minimum atomic E-state index is -0.491. The van der Waals surface area contributed by atoms with Crippen LogP contribution in [0.1, 0.15) is 5.69 Å². The molecule has 0 unspecified atom stereocenters. The number of aromatic nitrogens is 3. The third-order valence-corrected chi connectivity index (χ3v) is 5.43. The quantitative estimate of drug-likeness (QED) is 0.534. The van der Waals surface area contributed by atoms with E-state index in [2.05, 4.69) is 10.1 Å². The van der Waals surface area contributed by atoms with Crippen molar-refractivity contribution in [2.24, 2.45) is 0 Å². The highest BCUT2D eigenvalue weighted by Crippen LogP contribution is 2.32. The van der Waals surface area contributed by atoms with Crippen molar-refractivity contribution in [3.05, 3.63) is 63.4 Å². The molecule has 3 aromatic heterocycles. The van der Waals surface area contributed by atoms with Crippen LogP contribution < -0.4 is 10.5 Å². The molecule has 3 heterocycles. The lowest BCUT2D eigenvalue weighted by Crippen LogP contribution is -2.16. The van der Waals surface area contributed by atoms with Gasteiger partial charge in [-0.2, -0.15) is 0 Å². The van der Waals surface area contributed by atoms with Gasteiger partial charge < -0.3 is 4.74 Å². The number of hydrogen-bond donors (Lipinski definition) is 0. The summed E-state index contributed by atoms with van der Waals surface area (Å²) in [6.07, 6.45) is 0. The predicted molar refractivity (Wildman–Crippen MR) is 97.3 cm³/mol. The maximum absolute atomic E-state index is 12.0. The molecule has 0 amide bonds. The van der Waals surface area contributed by atoms with E-state index in [0.717, 1.165) is 26.9 Å². The average molecular weight is 371 g/mol. The monoisotopic (exact) mass is 371 g/mol. The van der Waals surface area contributed by atoms with Crippen LogP contribution in [0.4, 0.5) is 0 Å². The highest BCUT2D eigenvalue weighted by atomic mass is 32.1. The molecule has 4 aromatic rings. The van der Waals surface area contributed by atoms with Crippen molar-refractivity contribution in [1.82, 2.24) is 14.7 Å². The summed E-state index contributed by atoms with van der Waals surface area (Å²) in [7, 11) is 1.64. The van der Waals surface area contributed by atoms with E-state index >= 15 is 0 Å². The first-order valence-corrected chi connectivity index (χ1v) is 9.20. The van der Waals surface area contributed by atoms with Crippen LogP contribution >= 0.6 is 22.7 Å². The zero-order chi connectivity index (χ0) is 17.2. The highest BCUT2D eigenvalue weighted by molar-refractivity contribution is 7.13. The van der Waals surface area contributed by atoms with Gasteiger partial charge in [0.25, 0.3) is 0 Å². The van der Waals surface area contributed by atoms with E-state index in [-0.39, 0.29) is 0 Å². The molecule has 0 atom stereocenters. The van der Waals surface area contributed by atoms with Crippen molar-refractivity contribution in [2.45, 2.75) is 6.54 Å².